The lowest BCUT2D eigenvalue weighted by Gasteiger charge is -2.10. The Labute approximate surface area is 209 Å². The van der Waals surface area contributed by atoms with Crippen LogP contribution in [0.3, 0.4) is 0 Å². The quantitative estimate of drug-likeness (QED) is 0.299. The van der Waals surface area contributed by atoms with E-state index >= 15 is 0 Å². The van der Waals surface area contributed by atoms with Gasteiger partial charge >= 0.3 is 5.97 Å². The SMILES string of the molecule is CC(=O)OCc1nc2c(o1)-c1ccccc1C(=O)C2=O.CCc1nc2c(o1)C(=O)C(=O)c1ccccc1-2. The van der Waals surface area contributed by atoms with E-state index in [1.165, 1.54) is 6.92 Å². The minimum absolute atomic E-state index is 0.0316. The van der Waals surface area contributed by atoms with Crippen molar-refractivity contribution in [3.05, 3.63) is 82.9 Å². The highest BCUT2D eigenvalue weighted by Gasteiger charge is 2.36. The number of ketones is 4. The fourth-order valence-electron chi connectivity index (χ4n) is 4.00. The predicted molar refractivity (Wildman–Crippen MR) is 126 cm³/mol. The van der Waals surface area contributed by atoms with Crippen molar-refractivity contribution >= 4 is 29.1 Å². The zero-order valence-electron chi connectivity index (χ0n) is 19.7. The molecule has 6 rings (SSSR count). The standard InChI is InChI=1S/C14H9NO5.C13H9NO3/c1-7(16)19-6-10-15-11-13(18)12(17)8-4-2-3-5-9(8)14(11)20-10;1-2-9-14-10-7-5-3-4-6-8(7)11(15)12(16)13(10)17-9/h2-5H,6H2,1H3;3-6H,2H2,1H3. The van der Waals surface area contributed by atoms with Crippen LogP contribution in [0.5, 0.6) is 0 Å². The van der Waals surface area contributed by atoms with E-state index in [1.807, 2.05) is 13.0 Å². The molecule has 0 bridgehead atoms. The lowest BCUT2D eigenvalue weighted by Crippen LogP contribution is -2.20. The molecule has 0 N–H and O–H groups in total. The van der Waals surface area contributed by atoms with Gasteiger partial charge in [-0.05, 0) is 0 Å². The molecule has 2 heterocycles. The van der Waals surface area contributed by atoms with Gasteiger partial charge < -0.3 is 13.6 Å². The summed E-state index contributed by atoms with van der Waals surface area (Å²) in [6.45, 7) is 2.97. The number of carbonyl (C=O) groups is 5. The molecule has 10 nitrogen and oxygen atoms in total. The Hall–Kier alpha value is -4.99. The maximum absolute atomic E-state index is 12.0. The van der Waals surface area contributed by atoms with E-state index in [9.17, 15) is 24.0 Å². The number of hydrogen-bond acceptors (Lipinski definition) is 10. The molecule has 0 saturated heterocycles. The van der Waals surface area contributed by atoms with Crippen molar-refractivity contribution in [3.8, 4) is 22.6 Å². The molecule has 0 aliphatic heterocycles. The smallest absolute Gasteiger partial charge is 0.303 e. The topological polar surface area (TPSA) is 147 Å². The summed E-state index contributed by atoms with van der Waals surface area (Å²) in [4.78, 5) is 66.5. The van der Waals surface area contributed by atoms with Gasteiger partial charge in [-0.25, -0.2) is 9.97 Å². The molecule has 2 aromatic carbocycles. The number of ether oxygens (including phenoxy) is 1. The molecule has 2 aliphatic carbocycles. The van der Waals surface area contributed by atoms with E-state index in [4.69, 9.17) is 13.6 Å². The summed E-state index contributed by atoms with van der Waals surface area (Å²) < 4.78 is 15.5. The first-order valence-corrected chi connectivity index (χ1v) is 11.3. The molecule has 0 atom stereocenters. The average molecular weight is 498 g/mol. The van der Waals surface area contributed by atoms with Gasteiger partial charge in [-0.15, -0.1) is 0 Å². The summed E-state index contributed by atoms with van der Waals surface area (Å²) in [5, 5.41) is 0. The van der Waals surface area contributed by atoms with Crippen LogP contribution >= 0.6 is 0 Å². The number of aromatic nitrogens is 2. The first-order chi connectivity index (χ1) is 17.8. The van der Waals surface area contributed by atoms with Gasteiger partial charge in [0, 0.05) is 35.6 Å². The second kappa shape index (κ2) is 9.23. The largest absolute Gasteiger partial charge is 0.456 e. The fourth-order valence-corrected chi connectivity index (χ4v) is 4.00. The van der Waals surface area contributed by atoms with Crippen molar-refractivity contribution in [1.82, 2.24) is 9.97 Å². The van der Waals surface area contributed by atoms with Crippen molar-refractivity contribution in [3.63, 3.8) is 0 Å². The van der Waals surface area contributed by atoms with E-state index < -0.39 is 29.1 Å². The van der Waals surface area contributed by atoms with E-state index in [-0.39, 0.29) is 29.7 Å². The number of oxazole rings is 2. The average Bonchev–Trinajstić information content (AvgIpc) is 3.55. The third-order valence-corrected chi connectivity index (χ3v) is 5.72. The molecule has 2 aliphatic rings. The van der Waals surface area contributed by atoms with E-state index in [0.29, 0.717) is 40.3 Å². The Bertz CT molecular complexity index is 1620. The number of hydrogen-bond donors (Lipinski definition) is 0. The van der Waals surface area contributed by atoms with E-state index in [2.05, 4.69) is 9.97 Å². The van der Waals surface area contributed by atoms with Crippen molar-refractivity contribution < 1.29 is 37.5 Å². The third-order valence-electron chi connectivity index (χ3n) is 5.72. The molecule has 0 saturated carbocycles. The van der Waals surface area contributed by atoms with E-state index in [1.54, 1.807) is 42.5 Å². The van der Waals surface area contributed by atoms with Crippen LogP contribution in [0, 0.1) is 0 Å². The van der Waals surface area contributed by atoms with Crippen LogP contribution in [0.15, 0.2) is 57.4 Å². The molecule has 0 fully saturated rings. The van der Waals surface area contributed by atoms with Crippen LogP contribution in [0.25, 0.3) is 22.6 Å². The van der Waals surface area contributed by atoms with Crippen LogP contribution in [0.2, 0.25) is 0 Å². The lowest BCUT2D eigenvalue weighted by atomic mass is 9.91. The maximum atomic E-state index is 12.0. The number of esters is 1. The molecule has 0 spiro atoms. The molecule has 0 radical (unpaired) electrons. The highest BCUT2D eigenvalue weighted by atomic mass is 16.5. The summed E-state index contributed by atoms with van der Waals surface area (Å²) in [5.41, 5.74) is 2.35. The van der Waals surface area contributed by atoms with Gasteiger partial charge in [-0.2, -0.15) is 0 Å². The maximum Gasteiger partial charge on any atom is 0.303 e. The number of fused-ring (bicyclic) bond motifs is 6. The summed E-state index contributed by atoms with van der Waals surface area (Å²) in [6, 6.07) is 13.6. The highest BCUT2D eigenvalue weighted by molar-refractivity contribution is 6.52. The van der Waals surface area contributed by atoms with Gasteiger partial charge in [0.2, 0.25) is 23.2 Å². The van der Waals surface area contributed by atoms with Gasteiger partial charge in [0.05, 0.1) is 0 Å². The first kappa shape index (κ1) is 23.7. The van der Waals surface area contributed by atoms with Gasteiger partial charge in [-0.1, -0.05) is 55.5 Å². The van der Waals surface area contributed by atoms with Crippen molar-refractivity contribution in [1.29, 1.82) is 0 Å². The van der Waals surface area contributed by atoms with Gasteiger partial charge in [0.25, 0.3) is 11.6 Å². The number of benzene rings is 2. The zero-order chi connectivity index (χ0) is 26.3. The summed E-state index contributed by atoms with van der Waals surface area (Å²) in [7, 11) is 0. The summed E-state index contributed by atoms with van der Waals surface area (Å²) in [6.07, 6.45) is 0.594. The van der Waals surface area contributed by atoms with Crippen LogP contribution in [0.1, 0.15) is 67.4 Å². The normalized spacial score (nSPS) is 13.1. The Kier molecular flexibility index (Phi) is 5.92. The molecule has 0 amide bonds. The number of carbonyl (C=O) groups excluding carboxylic acids is 5. The number of Topliss-reactive ketones (excluding diaryl/α,β-unsaturated/α-hetero) is 4. The Morgan fingerprint density at radius 3 is 1.89 bits per heavy atom. The second-order valence-corrected chi connectivity index (χ2v) is 8.11. The molecule has 2 aromatic heterocycles. The van der Waals surface area contributed by atoms with Crippen LogP contribution in [0.4, 0.5) is 0 Å². The summed E-state index contributed by atoms with van der Waals surface area (Å²) >= 11 is 0. The van der Waals surface area contributed by atoms with Crippen LogP contribution < -0.4 is 0 Å². The molecule has 37 heavy (non-hydrogen) atoms. The monoisotopic (exact) mass is 498 g/mol. The molecular weight excluding hydrogens is 480 g/mol. The molecule has 4 aromatic rings. The number of nitrogens with zero attached hydrogens (tertiary/aromatic N) is 2. The predicted octanol–water partition coefficient (Wildman–Crippen LogP) is 4.07. The molecule has 184 valence electrons. The van der Waals surface area contributed by atoms with Crippen molar-refractivity contribution in [2.75, 3.05) is 0 Å². The summed E-state index contributed by atoms with van der Waals surface area (Å²) in [5.74, 6) is -2.05. The third kappa shape index (κ3) is 4.08. The highest BCUT2D eigenvalue weighted by Crippen LogP contribution is 2.34. The Morgan fingerprint density at radius 2 is 1.24 bits per heavy atom. The van der Waals surface area contributed by atoms with Gasteiger partial charge in [-0.3, -0.25) is 24.0 Å². The van der Waals surface area contributed by atoms with Crippen LogP contribution in [-0.2, 0) is 22.6 Å². The number of rotatable bonds is 3. The fraction of sp³-hybridized carbons (Fsp3) is 0.148. The van der Waals surface area contributed by atoms with Crippen molar-refractivity contribution in [2.45, 2.75) is 26.9 Å². The van der Waals surface area contributed by atoms with Gasteiger partial charge in [0.15, 0.2) is 24.0 Å². The second-order valence-electron chi connectivity index (χ2n) is 8.11. The number of aryl methyl sites for hydroxylation is 1. The molecule has 0 unspecified atom stereocenters. The Balaban J connectivity index is 0.000000153. The molecular formula is C27H18N2O8. The van der Waals surface area contributed by atoms with Crippen LogP contribution in [-0.4, -0.2) is 39.1 Å². The minimum atomic E-state index is -0.712. The Morgan fingerprint density at radius 1 is 0.703 bits per heavy atom. The first-order valence-electron chi connectivity index (χ1n) is 11.3. The van der Waals surface area contributed by atoms with Gasteiger partial charge in [0.1, 0.15) is 5.69 Å². The molecule has 10 heteroatoms. The van der Waals surface area contributed by atoms with E-state index in [0.717, 1.165) is 0 Å². The minimum Gasteiger partial charge on any atom is -0.456 e. The lowest BCUT2D eigenvalue weighted by molar-refractivity contribution is -0.142. The van der Waals surface area contributed by atoms with Crippen molar-refractivity contribution in [2.24, 2.45) is 0 Å². The zero-order valence-corrected chi connectivity index (χ0v) is 19.7.